The van der Waals surface area contributed by atoms with E-state index < -0.39 is 45.7 Å². The lowest BCUT2D eigenvalue weighted by atomic mass is 9.35. The lowest BCUT2D eigenvalue weighted by Crippen LogP contribution is -2.82. The lowest BCUT2D eigenvalue weighted by molar-refractivity contribution is -0.307. The van der Waals surface area contributed by atoms with Gasteiger partial charge in [0.1, 0.15) is 17.2 Å². The van der Waals surface area contributed by atoms with Gasteiger partial charge in [-0.25, -0.2) is 9.59 Å². The molecule has 1 amide bonds. The molecule has 1 aromatic rings. The molecule has 1 aromatic carbocycles. The first-order valence-corrected chi connectivity index (χ1v) is 19.0. The van der Waals surface area contributed by atoms with Crippen LogP contribution in [-0.2, 0) is 21.4 Å². The van der Waals surface area contributed by atoms with Gasteiger partial charge in [0.15, 0.2) is 11.5 Å². The Labute approximate surface area is 293 Å². The number of carbonyl (C=O) groups is 2. The molecule has 5 aliphatic rings. The highest BCUT2D eigenvalue weighted by Gasteiger charge is 2.82. The summed E-state index contributed by atoms with van der Waals surface area (Å²) in [5.74, 6) is -0.00199. The van der Waals surface area contributed by atoms with Crippen molar-refractivity contribution in [2.24, 2.45) is 28.6 Å². The van der Waals surface area contributed by atoms with E-state index in [2.05, 4.69) is 57.8 Å². The lowest BCUT2D eigenvalue weighted by Gasteiger charge is -2.73. The Morgan fingerprint density at radius 2 is 1.84 bits per heavy atom. The van der Waals surface area contributed by atoms with E-state index in [1.165, 1.54) is 18.4 Å². The predicted octanol–water partition coefficient (Wildman–Crippen LogP) is 7.10. The first-order valence-electron chi connectivity index (χ1n) is 19.0. The molecule has 2 heterocycles. The van der Waals surface area contributed by atoms with Gasteiger partial charge in [0.2, 0.25) is 0 Å². The Balaban J connectivity index is 1.54. The smallest absolute Gasteiger partial charge is 0.413 e. The fraction of sp³-hybridized carbons (Fsp3) is 0.800. The Bertz CT molecular complexity index is 1460. The summed E-state index contributed by atoms with van der Waals surface area (Å²) in [7, 11) is 1.78. The molecular formula is C40H62N2O7. The number of hydrogen-bond donors (Lipinski definition) is 3. The number of likely N-dealkylation sites (tertiary alicyclic amines) is 1. The normalized spacial score (nSPS) is 36.3. The minimum absolute atomic E-state index is 0.266. The number of aliphatic carboxylic acids is 1. The van der Waals surface area contributed by atoms with Crippen molar-refractivity contribution < 1.29 is 34.0 Å². The number of carbonyl (C=O) groups excluding carboxylic acids is 1. The number of carboxylic acid groups (broad SMARTS) is 1. The number of carboxylic acids is 1. The van der Waals surface area contributed by atoms with Crippen molar-refractivity contribution in [2.45, 2.75) is 154 Å². The number of aryl methyl sites for hydroxylation is 1. The quantitative estimate of drug-likeness (QED) is 0.226. The third-order valence-corrected chi connectivity index (χ3v) is 14.8. The van der Waals surface area contributed by atoms with Crippen LogP contribution < -0.4 is 14.8 Å². The van der Waals surface area contributed by atoms with E-state index in [0.29, 0.717) is 30.4 Å². The van der Waals surface area contributed by atoms with Crippen LogP contribution in [0.15, 0.2) is 12.1 Å². The zero-order valence-corrected chi connectivity index (χ0v) is 31.7. The number of ether oxygens (including phenoxy) is 3. The largest absolute Gasteiger partial charge is 0.480 e. The second kappa shape index (κ2) is 12.1. The minimum atomic E-state index is -1.10. The predicted molar refractivity (Wildman–Crippen MR) is 189 cm³/mol. The van der Waals surface area contributed by atoms with Gasteiger partial charge < -0.3 is 29.7 Å². The minimum Gasteiger partial charge on any atom is -0.480 e. The summed E-state index contributed by atoms with van der Waals surface area (Å²) in [4.78, 5) is 28.2. The summed E-state index contributed by atoms with van der Waals surface area (Å²) < 4.78 is 20.4. The van der Waals surface area contributed by atoms with Crippen LogP contribution in [0.5, 0.6) is 11.5 Å². The van der Waals surface area contributed by atoms with Crippen LogP contribution >= 0.6 is 0 Å². The van der Waals surface area contributed by atoms with Gasteiger partial charge in [0.25, 0.3) is 0 Å². The summed E-state index contributed by atoms with van der Waals surface area (Å²) in [5.41, 5.74) is -1.84. The van der Waals surface area contributed by atoms with Crippen LogP contribution in [0.1, 0.15) is 125 Å². The highest BCUT2D eigenvalue weighted by molar-refractivity contribution is 5.81. The van der Waals surface area contributed by atoms with E-state index in [-0.39, 0.29) is 17.3 Å². The average Bonchev–Trinajstić information content (AvgIpc) is 3.80. The first kappa shape index (κ1) is 36.4. The molecular weight excluding hydrogens is 620 g/mol. The van der Waals surface area contributed by atoms with E-state index in [0.717, 1.165) is 56.7 Å². The number of amides is 1. The van der Waals surface area contributed by atoms with Crippen molar-refractivity contribution in [1.29, 1.82) is 0 Å². The van der Waals surface area contributed by atoms with Crippen LogP contribution in [0.25, 0.3) is 0 Å². The maximum Gasteiger partial charge on any atom is 0.413 e. The molecule has 0 aromatic heterocycles. The molecule has 9 atom stereocenters. The third kappa shape index (κ3) is 5.02. The van der Waals surface area contributed by atoms with Gasteiger partial charge in [-0.05, 0) is 106 Å². The SMILES string of the molecule is CCC(C)[C@@H](NC(=O)Oc1ccc2c3c1O[C@@]1(C)[C@@]3(CCC2)[C@@](C)([C@H]2CCN2CC2CC2)C[C@H]([C@@](C)(O)C(C)(C)C)[C@@]1(CC)OC)C(=O)O. The van der Waals surface area contributed by atoms with Crippen LogP contribution in [0.3, 0.4) is 0 Å². The zero-order chi connectivity index (χ0) is 35.9. The Kier molecular flexibility index (Phi) is 9.01. The van der Waals surface area contributed by atoms with Crippen LogP contribution in [-0.4, -0.2) is 76.3 Å². The van der Waals surface area contributed by atoms with Crippen LogP contribution in [0.2, 0.25) is 0 Å². The fourth-order valence-corrected chi connectivity index (χ4v) is 11.2. The van der Waals surface area contributed by atoms with Gasteiger partial charge in [0.05, 0.1) is 5.60 Å². The molecule has 3 N–H and O–H groups in total. The van der Waals surface area contributed by atoms with Crippen LogP contribution in [0.4, 0.5) is 4.79 Å². The van der Waals surface area contributed by atoms with E-state index in [1.54, 1.807) is 7.11 Å². The summed E-state index contributed by atoms with van der Waals surface area (Å²) in [5, 5.41) is 25.3. The second-order valence-electron chi connectivity index (χ2n) is 17.8. The van der Waals surface area contributed by atoms with Gasteiger partial charge in [-0.1, -0.05) is 61.0 Å². The van der Waals surface area contributed by atoms with E-state index in [9.17, 15) is 19.8 Å². The average molecular weight is 683 g/mol. The summed E-state index contributed by atoms with van der Waals surface area (Å²) >= 11 is 0. The summed E-state index contributed by atoms with van der Waals surface area (Å²) in [6.45, 7) is 21.1. The molecule has 0 radical (unpaired) electrons. The number of benzene rings is 1. The Morgan fingerprint density at radius 1 is 1.14 bits per heavy atom. The molecule has 9 nitrogen and oxygen atoms in total. The molecule has 274 valence electrons. The van der Waals surface area contributed by atoms with Gasteiger partial charge in [0, 0.05) is 36.6 Å². The molecule has 1 spiro atoms. The molecule has 3 fully saturated rings. The Morgan fingerprint density at radius 3 is 2.37 bits per heavy atom. The van der Waals surface area contributed by atoms with Crippen molar-refractivity contribution >= 4 is 12.1 Å². The topological polar surface area (TPSA) is 118 Å². The molecule has 1 saturated heterocycles. The number of rotatable bonds is 11. The maximum atomic E-state index is 13.4. The fourth-order valence-electron chi connectivity index (χ4n) is 11.2. The highest BCUT2D eigenvalue weighted by atomic mass is 16.6. The van der Waals surface area contributed by atoms with E-state index >= 15 is 0 Å². The standard InChI is InChI=1S/C40H62N2O7/c1-11-24(3)31(33(43)44)41-34(45)48-27-18-17-26-14-13-20-39-30(26)32(27)49-38(39,9)40(12-2,47-10)28(37(8,46)35(4,5)6)22-36(39,7)29-19-21-42(29)23-25-15-16-25/h17-18,24-25,28-29,31,46H,11-16,19-23H2,1-10H3,(H,41,45)(H,43,44)/t24?,28-,29-,31-,36-,37-,38+,39-,40-/m1/s1. The molecule has 9 heteroatoms. The maximum absolute atomic E-state index is 13.4. The van der Waals surface area contributed by atoms with Gasteiger partial charge in [-0.15, -0.1) is 0 Å². The van der Waals surface area contributed by atoms with Crippen LogP contribution in [0, 0.1) is 28.6 Å². The molecule has 2 aliphatic heterocycles. The monoisotopic (exact) mass is 682 g/mol. The number of nitrogens with zero attached hydrogens (tertiary/aromatic N) is 1. The number of aliphatic hydroxyl groups is 1. The van der Waals surface area contributed by atoms with E-state index in [1.807, 2.05) is 26.8 Å². The number of hydrogen-bond acceptors (Lipinski definition) is 7. The molecule has 3 aliphatic carbocycles. The number of nitrogens with one attached hydrogen (secondary N) is 1. The first-order chi connectivity index (χ1) is 22.9. The molecule has 2 saturated carbocycles. The van der Waals surface area contributed by atoms with Gasteiger partial charge in [-0.2, -0.15) is 0 Å². The Hall–Kier alpha value is -2.36. The van der Waals surface area contributed by atoms with Gasteiger partial charge in [-0.3, -0.25) is 4.90 Å². The highest BCUT2D eigenvalue weighted by Crippen LogP contribution is 2.76. The third-order valence-electron chi connectivity index (χ3n) is 14.8. The number of methoxy groups -OCH3 is 1. The second-order valence-corrected chi connectivity index (χ2v) is 17.8. The van der Waals surface area contributed by atoms with Crippen molar-refractivity contribution in [3.05, 3.63) is 23.3 Å². The molecule has 6 rings (SSSR count). The van der Waals surface area contributed by atoms with Crippen molar-refractivity contribution in [3.63, 3.8) is 0 Å². The van der Waals surface area contributed by atoms with Crippen molar-refractivity contribution in [2.75, 3.05) is 20.2 Å². The molecule has 1 unspecified atom stereocenters. The van der Waals surface area contributed by atoms with Crippen molar-refractivity contribution in [3.8, 4) is 11.5 Å². The van der Waals surface area contributed by atoms with Gasteiger partial charge >= 0.3 is 12.1 Å². The molecule has 49 heavy (non-hydrogen) atoms. The molecule has 0 bridgehead atoms. The summed E-state index contributed by atoms with van der Waals surface area (Å²) in [6, 6.07) is 3.13. The zero-order valence-electron chi connectivity index (χ0n) is 31.7. The summed E-state index contributed by atoms with van der Waals surface area (Å²) in [6.07, 6.45) is 7.65. The van der Waals surface area contributed by atoms with Crippen molar-refractivity contribution in [1.82, 2.24) is 10.2 Å². The van der Waals surface area contributed by atoms with E-state index in [4.69, 9.17) is 14.2 Å².